The molecule has 0 aromatic heterocycles. The fourth-order valence-electron chi connectivity index (χ4n) is 1.58. The normalized spacial score (nSPS) is 10.2. The molecule has 0 saturated carbocycles. The minimum atomic E-state index is -1.21. The van der Waals surface area contributed by atoms with Crippen LogP contribution < -0.4 is 4.74 Å². The van der Waals surface area contributed by atoms with Gasteiger partial charge in [0.15, 0.2) is 0 Å². The number of nitro benzene ring substituents is 1. The van der Waals surface area contributed by atoms with Crippen LogP contribution in [0.15, 0.2) is 40.9 Å². The highest BCUT2D eigenvalue weighted by Crippen LogP contribution is 2.34. The highest BCUT2D eigenvalue weighted by atomic mass is 79.9. The molecule has 0 bridgehead atoms. The summed E-state index contributed by atoms with van der Waals surface area (Å²) < 4.78 is 6.00. The zero-order valence-electron chi connectivity index (χ0n) is 10.2. The third-order valence-electron chi connectivity index (χ3n) is 2.51. The predicted molar refractivity (Wildman–Crippen MR) is 79.3 cm³/mol. The standard InChI is InChI=1S/C13H7BrClNO5/c14-7-1-4-11(16(19)20)12(5-7)21-8-2-3-10(15)9(6-8)13(17)18/h1-6H,(H,17,18). The van der Waals surface area contributed by atoms with Crippen LogP contribution in [-0.2, 0) is 0 Å². The molecule has 0 saturated heterocycles. The number of benzene rings is 2. The quantitative estimate of drug-likeness (QED) is 0.630. The van der Waals surface area contributed by atoms with E-state index in [1.54, 1.807) is 0 Å². The van der Waals surface area contributed by atoms with E-state index in [2.05, 4.69) is 15.9 Å². The van der Waals surface area contributed by atoms with Gasteiger partial charge in [-0.25, -0.2) is 4.79 Å². The van der Waals surface area contributed by atoms with E-state index in [0.717, 1.165) is 0 Å². The first-order valence-corrected chi connectivity index (χ1v) is 6.70. The second kappa shape index (κ2) is 6.11. The lowest BCUT2D eigenvalue weighted by molar-refractivity contribution is -0.385. The van der Waals surface area contributed by atoms with Crippen LogP contribution in [0, 0.1) is 10.1 Å². The lowest BCUT2D eigenvalue weighted by Gasteiger charge is -2.08. The van der Waals surface area contributed by atoms with E-state index < -0.39 is 10.9 Å². The van der Waals surface area contributed by atoms with E-state index in [-0.39, 0.29) is 27.8 Å². The van der Waals surface area contributed by atoms with Crippen LogP contribution in [0.5, 0.6) is 11.5 Å². The van der Waals surface area contributed by atoms with Gasteiger partial charge in [-0.05, 0) is 24.3 Å². The number of nitro groups is 1. The summed E-state index contributed by atoms with van der Waals surface area (Å²) in [5.74, 6) is -1.08. The molecule has 0 aliphatic rings. The number of carboxylic acid groups (broad SMARTS) is 1. The van der Waals surface area contributed by atoms with Gasteiger partial charge in [0.25, 0.3) is 0 Å². The van der Waals surface area contributed by atoms with E-state index >= 15 is 0 Å². The number of carboxylic acids is 1. The topological polar surface area (TPSA) is 89.7 Å². The molecule has 6 nitrogen and oxygen atoms in total. The van der Waals surface area contributed by atoms with E-state index in [4.69, 9.17) is 21.4 Å². The first-order chi connectivity index (χ1) is 9.88. The Labute approximate surface area is 132 Å². The van der Waals surface area contributed by atoms with Crippen LogP contribution in [0.25, 0.3) is 0 Å². The summed E-state index contributed by atoms with van der Waals surface area (Å²) in [6.45, 7) is 0. The number of hydrogen-bond donors (Lipinski definition) is 1. The lowest BCUT2D eigenvalue weighted by atomic mass is 10.2. The summed E-state index contributed by atoms with van der Waals surface area (Å²) in [4.78, 5) is 21.4. The monoisotopic (exact) mass is 371 g/mol. The Hall–Kier alpha value is -2.12. The molecular weight excluding hydrogens is 366 g/mol. The van der Waals surface area contributed by atoms with Crippen molar-refractivity contribution in [2.75, 3.05) is 0 Å². The maximum absolute atomic E-state index is 11.0. The molecule has 0 fully saturated rings. The summed E-state index contributed by atoms with van der Waals surface area (Å²) >= 11 is 8.94. The molecule has 2 aromatic rings. The third kappa shape index (κ3) is 3.50. The van der Waals surface area contributed by atoms with Crippen LogP contribution in [0.3, 0.4) is 0 Å². The molecule has 0 atom stereocenters. The minimum absolute atomic E-state index is 0.00645. The van der Waals surface area contributed by atoms with Crippen molar-refractivity contribution in [3.63, 3.8) is 0 Å². The van der Waals surface area contributed by atoms with Gasteiger partial charge in [0.1, 0.15) is 5.75 Å². The van der Waals surface area contributed by atoms with Crippen molar-refractivity contribution < 1.29 is 19.6 Å². The summed E-state index contributed by atoms with van der Waals surface area (Å²) in [5.41, 5.74) is -0.378. The number of halogens is 2. The fraction of sp³-hybridized carbons (Fsp3) is 0. The lowest BCUT2D eigenvalue weighted by Crippen LogP contribution is -1.98. The van der Waals surface area contributed by atoms with Gasteiger partial charge >= 0.3 is 11.7 Å². The summed E-state index contributed by atoms with van der Waals surface area (Å²) in [6.07, 6.45) is 0. The highest BCUT2D eigenvalue weighted by Gasteiger charge is 2.17. The van der Waals surface area contributed by atoms with Crippen molar-refractivity contribution in [2.45, 2.75) is 0 Å². The van der Waals surface area contributed by atoms with Gasteiger partial charge in [0.2, 0.25) is 5.75 Å². The maximum atomic E-state index is 11.0. The molecule has 0 radical (unpaired) electrons. The predicted octanol–water partition coefficient (Wildman–Crippen LogP) is 4.50. The van der Waals surface area contributed by atoms with Crippen LogP contribution in [-0.4, -0.2) is 16.0 Å². The number of rotatable bonds is 4. The van der Waals surface area contributed by atoms with Crippen LogP contribution >= 0.6 is 27.5 Å². The number of aromatic carboxylic acids is 1. The zero-order valence-corrected chi connectivity index (χ0v) is 12.6. The van der Waals surface area contributed by atoms with Crippen LogP contribution in [0.1, 0.15) is 10.4 Å². The van der Waals surface area contributed by atoms with Gasteiger partial charge in [-0.2, -0.15) is 0 Å². The highest BCUT2D eigenvalue weighted by molar-refractivity contribution is 9.10. The Morgan fingerprint density at radius 3 is 2.62 bits per heavy atom. The van der Waals surface area contributed by atoms with Crippen molar-refractivity contribution in [2.24, 2.45) is 0 Å². The Balaban J connectivity index is 2.43. The average molecular weight is 373 g/mol. The van der Waals surface area contributed by atoms with Crippen LogP contribution in [0.2, 0.25) is 5.02 Å². The van der Waals surface area contributed by atoms with Crippen molar-refractivity contribution >= 4 is 39.2 Å². The van der Waals surface area contributed by atoms with E-state index in [9.17, 15) is 14.9 Å². The first kappa shape index (κ1) is 15.3. The number of carbonyl (C=O) groups is 1. The molecule has 0 aliphatic heterocycles. The zero-order chi connectivity index (χ0) is 15.6. The Morgan fingerprint density at radius 1 is 1.29 bits per heavy atom. The van der Waals surface area contributed by atoms with E-state index in [1.807, 2.05) is 0 Å². The average Bonchev–Trinajstić information content (AvgIpc) is 2.40. The Kier molecular flexibility index (Phi) is 4.44. The van der Waals surface area contributed by atoms with Crippen LogP contribution in [0.4, 0.5) is 5.69 Å². The van der Waals surface area contributed by atoms with Crippen molar-refractivity contribution in [1.29, 1.82) is 0 Å². The largest absolute Gasteiger partial charge is 0.478 e. The Morgan fingerprint density at radius 2 is 2.00 bits per heavy atom. The SMILES string of the molecule is O=C(O)c1cc(Oc2cc(Br)ccc2[N+](=O)[O-])ccc1Cl. The van der Waals surface area contributed by atoms with Gasteiger partial charge in [-0.1, -0.05) is 27.5 Å². The van der Waals surface area contributed by atoms with E-state index in [1.165, 1.54) is 36.4 Å². The van der Waals surface area contributed by atoms with Gasteiger partial charge in [-0.15, -0.1) is 0 Å². The maximum Gasteiger partial charge on any atom is 0.337 e. The van der Waals surface area contributed by atoms with Crippen molar-refractivity contribution in [1.82, 2.24) is 0 Å². The molecule has 0 spiro atoms. The van der Waals surface area contributed by atoms with Gasteiger partial charge in [0, 0.05) is 16.6 Å². The number of nitrogens with zero attached hydrogens (tertiary/aromatic N) is 1. The molecular formula is C13H7BrClNO5. The second-order valence-electron chi connectivity index (χ2n) is 3.92. The van der Waals surface area contributed by atoms with E-state index in [0.29, 0.717) is 4.47 Å². The summed E-state index contributed by atoms with van der Waals surface area (Å²) in [7, 11) is 0. The second-order valence-corrected chi connectivity index (χ2v) is 5.24. The van der Waals surface area contributed by atoms with Gasteiger partial charge in [-0.3, -0.25) is 10.1 Å². The fourth-order valence-corrected chi connectivity index (χ4v) is 2.12. The van der Waals surface area contributed by atoms with Crippen molar-refractivity contribution in [3.8, 4) is 11.5 Å². The molecule has 1 N–H and O–H groups in total. The molecule has 0 heterocycles. The molecule has 108 valence electrons. The number of hydrogen-bond acceptors (Lipinski definition) is 4. The minimum Gasteiger partial charge on any atom is -0.478 e. The molecule has 0 unspecified atom stereocenters. The first-order valence-electron chi connectivity index (χ1n) is 5.53. The number of ether oxygens (including phenoxy) is 1. The molecule has 2 rings (SSSR count). The Bertz CT molecular complexity index is 734. The van der Waals surface area contributed by atoms with Gasteiger partial charge in [0.05, 0.1) is 15.5 Å². The smallest absolute Gasteiger partial charge is 0.337 e. The third-order valence-corrected chi connectivity index (χ3v) is 3.34. The molecule has 0 amide bonds. The molecule has 2 aromatic carbocycles. The molecule has 0 aliphatic carbocycles. The van der Waals surface area contributed by atoms with Crippen molar-refractivity contribution in [3.05, 3.63) is 61.6 Å². The molecule has 21 heavy (non-hydrogen) atoms. The summed E-state index contributed by atoms with van der Waals surface area (Å²) in [6, 6.07) is 8.20. The molecule has 8 heteroatoms. The van der Waals surface area contributed by atoms with Gasteiger partial charge < -0.3 is 9.84 Å². The summed E-state index contributed by atoms with van der Waals surface area (Å²) in [5, 5.41) is 20.0.